The lowest BCUT2D eigenvalue weighted by atomic mass is 10.3. The van der Waals surface area contributed by atoms with Gasteiger partial charge in [0.2, 0.25) is 10.0 Å². The molecular formula is C6H12BrNO2S. The molecular weight excluding hydrogens is 230 g/mol. The zero-order valence-corrected chi connectivity index (χ0v) is 9.00. The Balaban J connectivity index is 3.82. The molecule has 5 heteroatoms. The first-order valence-corrected chi connectivity index (χ1v) is 5.92. The Morgan fingerprint density at radius 2 is 2.09 bits per heavy atom. The van der Waals surface area contributed by atoms with Gasteiger partial charge in [-0.05, 0) is 13.8 Å². The van der Waals surface area contributed by atoms with Gasteiger partial charge in [0.05, 0.1) is 0 Å². The van der Waals surface area contributed by atoms with Gasteiger partial charge in [-0.15, -0.1) is 0 Å². The molecule has 0 fully saturated rings. The number of alkyl halides is 1. The molecule has 0 heterocycles. The second kappa shape index (κ2) is 4.90. The third kappa shape index (κ3) is 6.52. The molecule has 0 aliphatic heterocycles. The van der Waals surface area contributed by atoms with E-state index in [1.807, 2.05) is 19.9 Å². The fourth-order valence-electron chi connectivity index (χ4n) is 0.411. The van der Waals surface area contributed by atoms with E-state index < -0.39 is 10.0 Å². The molecule has 0 rings (SSSR count). The van der Waals surface area contributed by atoms with Crippen LogP contribution in [0.25, 0.3) is 0 Å². The quantitative estimate of drug-likeness (QED) is 0.595. The van der Waals surface area contributed by atoms with Gasteiger partial charge in [-0.2, -0.15) is 0 Å². The zero-order chi connectivity index (χ0) is 8.91. The van der Waals surface area contributed by atoms with Gasteiger partial charge in [0.25, 0.3) is 0 Å². The summed E-state index contributed by atoms with van der Waals surface area (Å²) >= 11 is 2.87. The van der Waals surface area contributed by atoms with Crippen LogP contribution >= 0.6 is 15.9 Å². The van der Waals surface area contributed by atoms with E-state index in [4.69, 9.17) is 0 Å². The lowest BCUT2D eigenvalue weighted by molar-refractivity contribution is 0.591. The summed E-state index contributed by atoms with van der Waals surface area (Å²) < 4.78 is 23.9. The Kier molecular flexibility index (Phi) is 4.96. The molecule has 66 valence electrons. The van der Waals surface area contributed by atoms with Crippen molar-refractivity contribution in [3.8, 4) is 0 Å². The van der Waals surface area contributed by atoms with Crippen molar-refractivity contribution >= 4 is 26.0 Å². The summed E-state index contributed by atoms with van der Waals surface area (Å²) in [6.07, 6.45) is 1.82. The van der Waals surface area contributed by atoms with Gasteiger partial charge >= 0.3 is 0 Å². The summed E-state index contributed by atoms with van der Waals surface area (Å²) in [5.74, 6) is 0. The van der Waals surface area contributed by atoms with Crippen molar-refractivity contribution in [1.82, 2.24) is 4.72 Å². The monoisotopic (exact) mass is 241 g/mol. The molecule has 0 aromatic heterocycles. The van der Waals surface area contributed by atoms with E-state index in [0.29, 0.717) is 6.54 Å². The molecule has 0 aromatic rings. The Labute approximate surface area is 76.1 Å². The molecule has 0 saturated carbocycles. The number of hydrogen-bond acceptors (Lipinski definition) is 2. The number of halogens is 1. The van der Waals surface area contributed by atoms with Crippen molar-refractivity contribution in [3.05, 3.63) is 11.6 Å². The van der Waals surface area contributed by atoms with Crippen molar-refractivity contribution in [1.29, 1.82) is 0 Å². The number of nitrogens with one attached hydrogen (secondary N) is 1. The highest BCUT2D eigenvalue weighted by Crippen LogP contribution is 1.91. The molecule has 0 unspecified atom stereocenters. The molecule has 0 amide bonds. The molecule has 0 aliphatic carbocycles. The van der Waals surface area contributed by atoms with Gasteiger partial charge in [0, 0.05) is 6.54 Å². The molecule has 0 saturated heterocycles. The second-order valence-electron chi connectivity index (χ2n) is 2.35. The predicted molar refractivity (Wildman–Crippen MR) is 50.1 cm³/mol. The minimum atomic E-state index is -3.09. The summed E-state index contributed by atoms with van der Waals surface area (Å²) in [4.78, 5) is 0. The minimum Gasteiger partial charge on any atom is -0.212 e. The van der Waals surface area contributed by atoms with Gasteiger partial charge in [-0.25, -0.2) is 13.1 Å². The molecule has 1 N–H and O–H groups in total. The van der Waals surface area contributed by atoms with Crippen LogP contribution < -0.4 is 4.72 Å². The first-order valence-electron chi connectivity index (χ1n) is 3.14. The highest BCUT2D eigenvalue weighted by atomic mass is 79.9. The van der Waals surface area contributed by atoms with E-state index in [-0.39, 0.29) is 4.66 Å². The second-order valence-corrected chi connectivity index (χ2v) is 5.46. The van der Waals surface area contributed by atoms with Crippen molar-refractivity contribution in [2.45, 2.75) is 13.8 Å². The molecule has 11 heavy (non-hydrogen) atoms. The number of rotatable bonds is 4. The average Bonchev–Trinajstić information content (AvgIpc) is 1.87. The summed E-state index contributed by atoms with van der Waals surface area (Å²) in [5.41, 5.74) is 1.10. The molecule has 0 spiro atoms. The zero-order valence-electron chi connectivity index (χ0n) is 6.59. The van der Waals surface area contributed by atoms with Crippen LogP contribution in [0, 0.1) is 0 Å². The average molecular weight is 242 g/mol. The van der Waals surface area contributed by atoms with E-state index in [1.165, 1.54) is 0 Å². The predicted octanol–water partition coefficient (Wildman–Crippen LogP) is 1.22. The first kappa shape index (κ1) is 11.1. The van der Waals surface area contributed by atoms with Crippen LogP contribution in [0.4, 0.5) is 0 Å². The van der Waals surface area contributed by atoms with E-state index in [0.717, 1.165) is 5.57 Å². The number of allylic oxidation sites excluding steroid dienone is 1. The van der Waals surface area contributed by atoms with E-state index in [9.17, 15) is 8.42 Å². The van der Waals surface area contributed by atoms with Crippen LogP contribution in [0.15, 0.2) is 11.6 Å². The van der Waals surface area contributed by atoms with Crippen molar-refractivity contribution < 1.29 is 8.42 Å². The first-order chi connectivity index (χ1) is 4.98. The van der Waals surface area contributed by atoms with Gasteiger partial charge in [-0.3, -0.25) is 0 Å². The Bertz CT molecular complexity index is 229. The van der Waals surface area contributed by atoms with Crippen LogP contribution in [-0.2, 0) is 10.0 Å². The third-order valence-electron chi connectivity index (χ3n) is 0.957. The van der Waals surface area contributed by atoms with Crippen LogP contribution in [0.2, 0.25) is 0 Å². The normalized spacial score (nSPS) is 11.2. The smallest absolute Gasteiger partial charge is 0.212 e. The SMILES string of the molecule is CC(C)=CCNS(=O)(=O)CBr. The Morgan fingerprint density at radius 1 is 1.55 bits per heavy atom. The summed E-state index contributed by atoms with van der Waals surface area (Å²) in [6.45, 7) is 4.21. The number of hydrogen-bond donors (Lipinski definition) is 1. The fourth-order valence-corrected chi connectivity index (χ4v) is 1.31. The molecule has 0 radical (unpaired) electrons. The molecule has 3 nitrogen and oxygen atoms in total. The van der Waals surface area contributed by atoms with Gasteiger partial charge < -0.3 is 0 Å². The van der Waals surface area contributed by atoms with Crippen LogP contribution in [0.1, 0.15) is 13.8 Å². The largest absolute Gasteiger partial charge is 0.221 e. The molecule has 0 aromatic carbocycles. The van der Waals surface area contributed by atoms with E-state index >= 15 is 0 Å². The van der Waals surface area contributed by atoms with Crippen LogP contribution in [0.3, 0.4) is 0 Å². The third-order valence-corrected chi connectivity index (χ3v) is 3.66. The lowest BCUT2D eigenvalue weighted by Crippen LogP contribution is -2.24. The van der Waals surface area contributed by atoms with Crippen LogP contribution in [0.5, 0.6) is 0 Å². The topological polar surface area (TPSA) is 46.2 Å². The maximum Gasteiger partial charge on any atom is 0.221 e. The standard InChI is InChI=1S/C6H12BrNO2S/c1-6(2)3-4-8-11(9,10)5-7/h3,8H,4-5H2,1-2H3. The van der Waals surface area contributed by atoms with Crippen molar-refractivity contribution in [2.24, 2.45) is 0 Å². The Morgan fingerprint density at radius 3 is 2.45 bits per heavy atom. The van der Waals surface area contributed by atoms with Gasteiger partial charge in [0.15, 0.2) is 0 Å². The maximum absolute atomic E-state index is 10.8. The molecule has 0 bridgehead atoms. The maximum atomic E-state index is 10.8. The van der Waals surface area contributed by atoms with Crippen LogP contribution in [-0.4, -0.2) is 19.6 Å². The van der Waals surface area contributed by atoms with Gasteiger partial charge in [-0.1, -0.05) is 27.6 Å². The summed E-state index contributed by atoms with van der Waals surface area (Å²) in [6, 6.07) is 0. The number of sulfonamides is 1. The molecule has 0 aliphatic rings. The van der Waals surface area contributed by atoms with E-state index in [2.05, 4.69) is 20.7 Å². The summed E-state index contributed by atoms with van der Waals surface area (Å²) in [5, 5.41) is 0. The van der Waals surface area contributed by atoms with Crippen molar-refractivity contribution in [3.63, 3.8) is 0 Å². The minimum absolute atomic E-state index is 0.0450. The fraction of sp³-hybridized carbons (Fsp3) is 0.667. The molecule has 0 atom stereocenters. The Hall–Kier alpha value is 0.130. The van der Waals surface area contributed by atoms with Gasteiger partial charge in [0.1, 0.15) is 4.66 Å². The van der Waals surface area contributed by atoms with E-state index in [1.54, 1.807) is 0 Å². The highest BCUT2D eigenvalue weighted by molar-refractivity contribution is 9.10. The highest BCUT2D eigenvalue weighted by Gasteiger charge is 2.03. The lowest BCUT2D eigenvalue weighted by Gasteiger charge is -1.98. The van der Waals surface area contributed by atoms with Crippen molar-refractivity contribution in [2.75, 3.05) is 11.2 Å². The summed E-state index contributed by atoms with van der Waals surface area (Å²) in [7, 11) is -3.09.